The van der Waals surface area contributed by atoms with Gasteiger partial charge in [-0.2, -0.15) is 0 Å². The summed E-state index contributed by atoms with van der Waals surface area (Å²) >= 11 is 0. The fourth-order valence-corrected chi connectivity index (χ4v) is 1.71. The molecule has 1 aliphatic rings. The van der Waals surface area contributed by atoms with Crippen LogP contribution in [-0.4, -0.2) is 13.1 Å². The highest BCUT2D eigenvalue weighted by molar-refractivity contribution is 5.77. The van der Waals surface area contributed by atoms with Crippen molar-refractivity contribution in [2.75, 3.05) is 7.11 Å². The first-order valence-corrected chi connectivity index (χ1v) is 4.47. The molecule has 72 valence electrons. The largest absolute Gasteiger partial charge is 0.469 e. The van der Waals surface area contributed by atoms with Gasteiger partial charge in [0, 0.05) is 0 Å². The molecule has 0 saturated heterocycles. The van der Waals surface area contributed by atoms with Crippen molar-refractivity contribution in [2.45, 2.75) is 13.8 Å². The van der Waals surface area contributed by atoms with E-state index in [9.17, 15) is 4.79 Å². The number of carbonyl (C=O) groups is 1. The highest BCUT2D eigenvalue weighted by Gasteiger charge is 2.52. The Bertz CT molecular complexity index is 249. The summed E-state index contributed by atoms with van der Waals surface area (Å²) in [6.45, 7) is 7.78. The van der Waals surface area contributed by atoms with Crippen LogP contribution >= 0.6 is 0 Å². The maximum atomic E-state index is 11.2. The van der Waals surface area contributed by atoms with Gasteiger partial charge >= 0.3 is 5.97 Å². The van der Waals surface area contributed by atoms with E-state index in [1.54, 1.807) is 0 Å². The highest BCUT2D eigenvalue weighted by Crippen LogP contribution is 2.49. The minimum Gasteiger partial charge on any atom is -0.469 e. The standard InChI is InChI=1S/C11H16O2/c1-5-8-9(6-7(2)3)10(8)11(12)13-4/h5-6,8-10H,1H2,2-4H3/t8-,9+,10+/m1/s1. The first kappa shape index (κ1) is 10.0. The van der Waals surface area contributed by atoms with Crippen LogP contribution < -0.4 is 0 Å². The quantitative estimate of drug-likeness (QED) is 0.491. The lowest BCUT2D eigenvalue weighted by Crippen LogP contribution is -2.04. The van der Waals surface area contributed by atoms with E-state index in [0.717, 1.165) is 0 Å². The SMILES string of the molecule is C=C[C@@H]1[C@H](C=C(C)C)[C@H]1C(=O)OC. The molecule has 1 fully saturated rings. The lowest BCUT2D eigenvalue weighted by atomic mass is 10.2. The molecule has 2 nitrogen and oxygen atoms in total. The van der Waals surface area contributed by atoms with Crippen LogP contribution in [0.15, 0.2) is 24.3 Å². The second kappa shape index (κ2) is 3.77. The maximum Gasteiger partial charge on any atom is 0.309 e. The molecule has 1 rings (SSSR count). The molecule has 0 aliphatic heterocycles. The van der Waals surface area contributed by atoms with Crippen LogP contribution in [0.3, 0.4) is 0 Å². The number of hydrogen-bond donors (Lipinski definition) is 0. The van der Waals surface area contributed by atoms with Crippen LogP contribution in [0.2, 0.25) is 0 Å². The highest BCUT2D eigenvalue weighted by atomic mass is 16.5. The first-order valence-electron chi connectivity index (χ1n) is 4.47. The van der Waals surface area contributed by atoms with E-state index in [-0.39, 0.29) is 17.8 Å². The Hall–Kier alpha value is -1.05. The van der Waals surface area contributed by atoms with E-state index in [4.69, 9.17) is 4.74 Å². The molecule has 1 saturated carbocycles. The van der Waals surface area contributed by atoms with E-state index < -0.39 is 0 Å². The zero-order chi connectivity index (χ0) is 10.0. The summed E-state index contributed by atoms with van der Waals surface area (Å²) in [7, 11) is 1.43. The van der Waals surface area contributed by atoms with E-state index in [2.05, 4.69) is 12.7 Å². The molecule has 0 radical (unpaired) electrons. The van der Waals surface area contributed by atoms with Gasteiger partial charge in [0.1, 0.15) is 0 Å². The fourth-order valence-electron chi connectivity index (χ4n) is 1.71. The third kappa shape index (κ3) is 2.00. The summed E-state index contributed by atoms with van der Waals surface area (Å²) in [6, 6.07) is 0. The maximum absolute atomic E-state index is 11.2. The summed E-state index contributed by atoms with van der Waals surface area (Å²) in [5.41, 5.74) is 1.24. The smallest absolute Gasteiger partial charge is 0.309 e. The molecule has 0 aromatic heterocycles. The van der Waals surface area contributed by atoms with Gasteiger partial charge in [0.2, 0.25) is 0 Å². The number of methoxy groups -OCH3 is 1. The third-order valence-electron chi connectivity index (χ3n) is 2.40. The summed E-state index contributed by atoms with van der Waals surface area (Å²) in [5, 5.41) is 0. The van der Waals surface area contributed by atoms with Crippen LogP contribution in [0, 0.1) is 17.8 Å². The van der Waals surface area contributed by atoms with Gasteiger partial charge in [0.15, 0.2) is 0 Å². The van der Waals surface area contributed by atoms with E-state index in [0.29, 0.717) is 5.92 Å². The molecule has 0 spiro atoms. The summed E-state index contributed by atoms with van der Waals surface area (Å²) in [5.74, 6) is 0.488. The van der Waals surface area contributed by atoms with E-state index in [1.807, 2.05) is 19.9 Å². The second-order valence-electron chi connectivity index (χ2n) is 3.68. The zero-order valence-corrected chi connectivity index (χ0v) is 8.41. The zero-order valence-electron chi connectivity index (χ0n) is 8.41. The predicted octanol–water partition coefficient (Wildman–Crippen LogP) is 2.17. The Kier molecular flexibility index (Phi) is 2.91. The summed E-state index contributed by atoms with van der Waals surface area (Å²) < 4.78 is 4.70. The van der Waals surface area contributed by atoms with Gasteiger partial charge in [0.05, 0.1) is 13.0 Å². The van der Waals surface area contributed by atoms with Crippen molar-refractivity contribution in [3.63, 3.8) is 0 Å². The molecule has 0 aromatic rings. The number of allylic oxidation sites excluding steroid dienone is 3. The summed E-state index contributed by atoms with van der Waals surface area (Å²) in [6.07, 6.45) is 3.96. The molecule has 0 unspecified atom stereocenters. The predicted molar refractivity (Wildman–Crippen MR) is 52.1 cm³/mol. The van der Waals surface area contributed by atoms with Crippen molar-refractivity contribution in [3.8, 4) is 0 Å². The lowest BCUT2D eigenvalue weighted by Gasteiger charge is -1.94. The van der Waals surface area contributed by atoms with Crippen molar-refractivity contribution in [1.29, 1.82) is 0 Å². The van der Waals surface area contributed by atoms with Gasteiger partial charge < -0.3 is 4.74 Å². The molecule has 0 heterocycles. The average Bonchev–Trinajstić information content (AvgIpc) is 2.75. The monoisotopic (exact) mass is 180 g/mol. The van der Waals surface area contributed by atoms with Crippen molar-refractivity contribution in [3.05, 3.63) is 24.3 Å². The minimum atomic E-state index is -0.118. The van der Waals surface area contributed by atoms with Gasteiger partial charge in [0.25, 0.3) is 0 Å². The van der Waals surface area contributed by atoms with Gasteiger partial charge in [-0.1, -0.05) is 17.7 Å². The molecular formula is C11H16O2. The van der Waals surface area contributed by atoms with Crippen molar-refractivity contribution >= 4 is 5.97 Å². The normalized spacial score (nSPS) is 30.5. The number of rotatable bonds is 3. The van der Waals surface area contributed by atoms with E-state index >= 15 is 0 Å². The molecule has 3 atom stereocenters. The number of esters is 1. The topological polar surface area (TPSA) is 26.3 Å². The number of hydrogen-bond acceptors (Lipinski definition) is 2. The number of carbonyl (C=O) groups excluding carboxylic acids is 1. The number of ether oxygens (including phenoxy) is 1. The molecular weight excluding hydrogens is 164 g/mol. The Morgan fingerprint density at radius 3 is 2.38 bits per heavy atom. The Morgan fingerprint density at radius 1 is 1.38 bits per heavy atom. The molecule has 0 bridgehead atoms. The van der Waals surface area contributed by atoms with E-state index in [1.165, 1.54) is 12.7 Å². The molecule has 0 amide bonds. The average molecular weight is 180 g/mol. The van der Waals surface area contributed by atoms with Crippen LogP contribution in [0.4, 0.5) is 0 Å². The van der Waals surface area contributed by atoms with Gasteiger partial charge in [-0.05, 0) is 25.7 Å². The fraction of sp³-hybridized carbons (Fsp3) is 0.545. The third-order valence-corrected chi connectivity index (χ3v) is 2.40. The Labute approximate surface area is 79.3 Å². The molecule has 0 aromatic carbocycles. The van der Waals surface area contributed by atoms with Crippen molar-refractivity contribution < 1.29 is 9.53 Å². The molecule has 1 aliphatic carbocycles. The van der Waals surface area contributed by atoms with Crippen molar-refractivity contribution in [2.24, 2.45) is 17.8 Å². The molecule has 2 heteroatoms. The Balaban J connectivity index is 2.65. The first-order chi connectivity index (χ1) is 6.11. The second-order valence-corrected chi connectivity index (χ2v) is 3.68. The minimum absolute atomic E-state index is 0.0115. The van der Waals surface area contributed by atoms with Gasteiger partial charge in [-0.15, -0.1) is 6.58 Å². The van der Waals surface area contributed by atoms with Crippen LogP contribution in [-0.2, 0) is 9.53 Å². The van der Waals surface area contributed by atoms with Crippen LogP contribution in [0.5, 0.6) is 0 Å². The summed E-state index contributed by atoms with van der Waals surface area (Å²) in [4.78, 5) is 11.2. The van der Waals surface area contributed by atoms with Crippen molar-refractivity contribution in [1.82, 2.24) is 0 Å². The van der Waals surface area contributed by atoms with Gasteiger partial charge in [-0.25, -0.2) is 0 Å². The van der Waals surface area contributed by atoms with Crippen LogP contribution in [0.25, 0.3) is 0 Å². The van der Waals surface area contributed by atoms with Gasteiger partial charge in [-0.3, -0.25) is 4.79 Å². The molecule has 0 N–H and O–H groups in total. The van der Waals surface area contributed by atoms with Crippen LogP contribution in [0.1, 0.15) is 13.8 Å². The lowest BCUT2D eigenvalue weighted by molar-refractivity contribution is -0.142. The molecule has 13 heavy (non-hydrogen) atoms. The Morgan fingerprint density at radius 2 is 2.00 bits per heavy atom.